The molecule has 4 rings (SSSR count). The van der Waals surface area contributed by atoms with Gasteiger partial charge in [-0.1, -0.05) is 34.1 Å². The molecule has 164 valence electrons. The monoisotopic (exact) mass is 505 g/mol. The first kappa shape index (κ1) is 22.1. The van der Waals surface area contributed by atoms with Crippen molar-refractivity contribution >= 4 is 50.6 Å². The highest BCUT2D eigenvalue weighted by Crippen LogP contribution is 2.20. The van der Waals surface area contributed by atoms with Crippen LogP contribution >= 0.6 is 15.9 Å². The Morgan fingerprint density at radius 1 is 1.09 bits per heavy atom. The summed E-state index contributed by atoms with van der Waals surface area (Å²) in [6.07, 6.45) is 3.26. The molecule has 1 heterocycles. The molecule has 0 atom stereocenters. The Bertz CT molecular complexity index is 1480. The van der Waals surface area contributed by atoms with E-state index in [9.17, 15) is 19.7 Å². The van der Waals surface area contributed by atoms with Gasteiger partial charge in [0.1, 0.15) is 5.82 Å². The first-order chi connectivity index (χ1) is 15.9. The standard InChI is InChI=1S/C23H16BrN5O4/c24-16-7-10-20-19(13-16)23(31)28(17-8-5-15(6-9-17)22(30)27-25)21(26-20)11-4-14-2-1-3-18(12-14)29(32)33/h1-13H,25H2,(H,27,30)/b11-4+. The Hall–Kier alpha value is -4.15. The summed E-state index contributed by atoms with van der Waals surface area (Å²) in [6.45, 7) is 0. The molecule has 0 saturated heterocycles. The molecule has 1 amide bonds. The average molecular weight is 506 g/mol. The van der Waals surface area contributed by atoms with Crippen LogP contribution < -0.4 is 16.8 Å². The van der Waals surface area contributed by atoms with E-state index in [2.05, 4.69) is 26.3 Å². The number of carbonyl (C=O) groups excluding carboxylic acids is 1. The number of hydrazine groups is 1. The number of nitrogen functional groups attached to an aromatic ring is 1. The summed E-state index contributed by atoms with van der Waals surface area (Å²) in [5.41, 5.74) is 3.61. The molecule has 0 unspecified atom stereocenters. The van der Waals surface area contributed by atoms with E-state index in [0.717, 1.165) is 4.47 Å². The lowest BCUT2D eigenvalue weighted by molar-refractivity contribution is -0.384. The summed E-state index contributed by atoms with van der Waals surface area (Å²) in [5.74, 6) is 5.04. The molecular weight excluding hydrogens is 490 g/mol. The van der Waals surface area contributed by atoms with Gasteiger partial charge >= 0.3 is 0 Å². The SMILES string of the molecule is NNC(=O)c1ccc(-n2c(/C=C/c3cccc([N+](=O)[O-])c3)nc3ccc(Br)cc3c2=O)cc1. The van der Waals surface area contributed by atoms with Crippen molar-refractivity contribution in [2.24, 2.45) is 5.84 Å². The maximum absolute atomic E-state index is 13.4. The van der Waals surface area contributed by atoms with Crippen molar-refractivity contribution in [2.45, 2.75) is 0 Å². The molecule has 3 N–H and O–H groups in total. The second kappa shape index (κ2) is 9.15. The van der Waals surface area contributed by atoms with E-state index in [0.29, 0.717) is 33.5 Å². The second-order valence-electron chi connectivity index (χ2n) is 6.98. The third-order valence-electron chi connectivity index (χ3n) is 4.88. The number of hydrogen-bond acceptors (Lipinski definition) is 6. The molecule has 0 aliphatic carbocycles. The van der Waals surface area contributed by atoms with Crippen LogP contribution in [0.25, 0.3) is 28.7 Å². The maximum Gasteiger partial charge on any atom is 0.270 e. The van der Waals surface area contributed by atoms with E-state index in [-0.39, 0.29) is 11.2 Å². The van der Waals surface area contributed by atoms with Gasteiger partial charge in [0.25, 0.3) is 17.2 Å². The Labute approximate surface area is 195 Å². The second-order valence-corrected chi connectivity index (χ2v) is 7.89. The number of carbonyl (C=O) groups is 1. The number of rotatable bonds is 5. The number of nitro groups is 1. The van der Waals surface area contributed by atoms with Crippen LogP contribution in [0.15, 0.2) is 76.0 Å². The number of nitrogens with zero attached hydrogens (tertiary/aromatic N) is 3. The number of nitrogens with two attached hydrogens (primary N) is 1. The zero-order valence-electron chi connectivity index (χ0n) is 16.9. The van der Waals surface area contributed by atoms with Gasteiger partial charge < -0.3 is 0 Å². The van der Waals surface area contributed by atoms with E-state index in [1.807, 2.05) is 0 Å². The lowest BCUT2D eigenvalue weighted by Gasteiger charge is -2.12. The number of hydrogen-bond donors (Lipinski definition) is 2. The number of fused-ring (bicyclic) bond motifs is 1. The van der Waals surface area contributed by atoms with Crippen LogP contribution in [0.3, 0.4) is 0 Å². The molecule has 0 radical (unpaired) electrons. The van der Waals surface area contributed by atoms with Crippen molar-refractivity contribution in [3.63, 3.8) is 0 Å². The summed E-state index contributed by atoms with van der Waals surface area (Å²) in [6, 6.07) is 17.6. The highest BCUT2D eigenvalue weighted by Gasteiger charge is 2.13. The Morgan fingerprint density at radius 3 is 2.55 bits per heavy atom. The molecule has 4 aromatic rings. The topological polar surface area (TPSA) is 133 Å². The molecular formula is C23H16BrN5O4. The van der Waals surface area contributed by atoms with E-state index < -0.39 is 10.8 Å². The average Bonchev–Trinajstić information content (AvgIpc) is 2.83. The molecule has 0 saturated carbocycles. The Morgan fingerprint density at radius 2 is 1.85 bits per heavy atom. The van der Waals surface area contributed by atoms with E-state index in [4.69, 9.17) is 5.84 Å². The fraction of sp³-hybridized carbons (Fsp3) is 0. The molecule has 0 aliphatic heterocycles. The van der Waals surface area contributed by atoms with Crippen molar-refractivity contribution < 1.29 is 9.72 Å². The van der Waals surface area contributed by atoms with Crippen LogP contribution in [0.2, 0.25) is 0 Å². The number of halogens is 1. The summed E-state index contributed by atoms with van der Waals surface area (Å²) in [4.78, 5) is 40.4. The first-order valence-electron chi connectivity index (χ1n) is 9.63. The molecule has 3 aromatic carbocycles. The lowest BCUT2D eigenvalue weighted by Crippen LogP contribution is -2.30. The largest absolute Gasteiger partial charge is 0.290 e. The zero-order chi connectivity index (χ0) is 23.5. The number of non-ortho nitro benzene ring substituents is 1. The molecule has 33 heavy (non-hydrogen) atoms. The van der Waals surface area contributed by atoms with Crippen molar-refractivity contribution in [2.75, 3.05) is 0 Å². The van der Waals surface area contributed by atoms with Crippen LogP contribution in [0, 0.1) is 10.1 Å². The molecule has 1 aromatic heterocycles. The minimum Gasteiger partial charge on any atom is -0.290 e. The third kappa shape index (κ3) is 4.56. The van der Waals surface area contributed by atoms with Crippen LogP contribution in [0.5, 0.6) is 0 Å². The molecule has 10 heteroatoms. The van der Waals surface area contributed by atoms with Gasteiger partial charge in [-0.2, -0.15) is 0 Å². The predicted molar refractivity (Wildman–Crippen MR) is 129 cm³/mol. The van der Waals surface area contributed by atoms with Crippen LogP contribution in [-0.2, 0) is 0 Å². The van der Waals surface area contributed by atoms with Gasteiger partial charge in [-0.3, -0.25) is 29.7 Å². The molecule has 0 spiro atoms. The highest BCUT2D eigenvalue weighted by atomic mass is 79.9. The first-order valence-corrected chi connectivity index (χ1v) is 10.4. The van der Waals surface area contributed by atoms with Gasteiger partial charge in [0.2, 0.25) is 0 Å². The lowest BCUT2D eigenvalue weighted by atomic mass is 10.1. The van der Waals surface area contributed by atoms with E-state index in [1.165, 1.54) is 16.7 Å². The number of amides is 1. The minimum atomic E-state index is -0.474. The number of nitro benzene ring substituents is 1. The molecule has 0 aliphatic rings. The van der Waals surface area contributed by atoms with Gasteiger partial charge in [-0.05, 0) is 54.1 Å². The normalized spacial score (nSPS) is 11.1. The van der Waals surface area contributed by atoms with E-state index in [1.54, 1.807) is 66.7 Å². The van der Waals surface area contributed by atoms with Gasteiger partial charge in [0, 0.05) is 22.2 Å². The highest BCUT2D eigenvalue weighted by molar-refractivity contribution is 9.10. The molecule has 0 bridgehead atoms. The van der Waals surface area contributed by atoms with Crippen LogP contribution in [0.4, 0.5) is 5.69 Å². The van der Waals surface area contributed by atoms with Crippen molar-refractivity contribution in [3.05, 3.63) is 109 Å². The van der Waals surface area contributed by atoms with Gasteiger partial charge in [0.15, 0.2) is 0 Å². The summed E-state index contributed by atoms with van der Waals surface area (Å²) >= 11 is 3.38. The van der Waals surface area contributed by atoms with Crippen LogP contribution in [-0.4, -0.2) is 20.4 Å². The van der Waals surface area contributed by atoms with Gasteiger partial charge in [-0.15, -0.1) is 0 Å². The Kier molecular flexibility index (Phi) is 6.11. The summed E-state index contributed by atoms with van der Waals surface area (Å²) in [7, 11) is 0. The fourth-order valence-corrected chi connectivity index (χ4v) is 3.66. The summed E-state index contributed by atoms with van der Waals surface area (Å²) in [5, 5.41) is 11.5. The van der Waals surface area contributed by atoms with Gasteiger partial charge in [-0.25, -0.2) is 10.8 Å². The van der Waals surface area contributed by atoms with Crippen molar-refractivity contribution in [1.29, 1.82) is 0 Å². The third-order valence-corrected chi connectivity index (χ3v) is 5.37. The molecule has 0 fully saturated rings. The maximum atomic E-state index is 13.4. The fourth-order valence-electron chi connectivity index (χ4n) is 3.29. The Balaban J connectivity index is 1.88. The van der Waals surface area contributed by atoms with Gasteiger partial charge in [0.05, 0.1) is 21.5 Å². The summed E-state index contributed by atoms with van der Waals surface area (Å²) < 4.78 is 2.14. The quantitative estimate of drug-likeness (QED) is 0.183. The number of nitrogens with one attached hydrogen (secondary N) is 1. The minimum absolute atomic E-state index is 0.0420. The number of aromatic nitrogens is 2. The van der Waals surface area contributed by atoms with Crippen molar-refractivity contribution in [3.8, 4) is 5.69 Å². The molecule has 9 nitrogen and oxygen atoms in total. The van der Waals surface area contributed by atoms with E-state index >= 15 is 0 Å². The zero-order valence-corrected chi connectivity index (χ0v) is 18.5. The number of benzene rings is 3. The van der Waals surface area contributed by atoms with Crippen molar-refractivity contribution in [1.82, 2.24) is 15.0 Å². The smallest absolute Gasteiger partial charge is 0.270 e. The predicted octanol–water partition coefficient (Wildman–Crippen LogP) is 3.83. The van der Waals surface area contributed by atoms with Crippen LogP contribution in [0.1, 0.15) is 21.7 Å².